The van der Waals surface area contributed by atoms with Gasteiger partial charge in [-0.25, -0.2) is 0 Å². The van der Waals surface area contributed by atoms with Crippen LogP contribution in [0, 0.1) is 24.0 Å². The number of nitro benzene ring substituents is 1. The predicted octanol–water partition coefficient (Wildman–Crippen LogP) is 2.39. The zero-order valence-electron chi connectivity index (χ0n) is 15.2. The summed E-state index contributed by atoms with van der Waals surface area (Å²) in [5.41, 5.74) is 2.31. The molecule has 27 heavy (non-hydrogen) atoms. The molecule has 8 heteroatoms. The molecule has 0 saturated carbocycles. The molecule has 0 aromatic heterocycles. The number of para-hydroxylation sites is 1. The Morgan fingerprint density at radius 1 is 1.07 bits per heavy atom. The fourth-order valence-electron chi connectivity index (χ4n) is 2.59. The largest absolute Gasteiger partial charge is 0.384 e. The number of hydrogen-bond donors (Lipinski definition) is 3. The molecule has 8 nitrogen and oxygen atoms in total. The lowest BCUT2D eigenvalue weighted by Gasteiger charge is -2.21. The second-order valence-corrected chi connectivity index (χ2v) is 6.23. The maximum atomic E-state index is 12.9. The highest BCUT2D eigenvalue weighted by Crippen LogP contribution is 2.24. The number of nitro groups is 1. The first-order valence-corrected chi connectivity index (χ1v) is 8.30. The van der Waals surface area contributed by atoms with E-state index < -0.39 is 28.9 Å². The third kappa shape index (κ3) is 4.89. The van der Waals surface area contributed by atoms with Gasteiger partial charge in [0.1, 0.15) is 12.1 Å². The van der Waals surface area contributed by atoms with Crippen LogP contribution in [-0.2, 0) is 9.59 Å². The van der Waals surface area contributed by atoms with Crippen LogP contribution in [0.25, 0.3) is 0 Å². The van der Waals surface area contributed by atoms with E-state index in [-0.39, 0.29) is 11.3 Å². The number of non-ortho nitro benzene ring substituents is 1. The summed E-state index contributed by atoms with van der Waals surface area (Å²) in [4.78, 5) is 35.3. The number of hydrogen-bond acceptors (Lipinski definition) is 5. The van der Waals surface area contributed by atoms with Crippen molar-refractivity contribution in [3.05, 3.63) is 69.3 Å². The molecular formula is C19H21N3O5. The van der Waals surface area contributed by atoms with Crippen molar-refractivity contribution in [3.8, 4) is 0 Å². The topological polar surface area (TPSA) is 122 Å². The summed E-state index contributed by atoms with van der Waals surface area (Å²) in [6, 6.07) is 9.77. The van der Waals surface area contributed by atoms with E-state index in [9.17, 15) is 24.8 Å². The number of nitrogens with one attached hydrogen (secondary N) is 2. The number of rotatable bonds is 6. The second kappa shape index (κ2) is 8.41. The van der Waals surface area contributed by atoms with E-state index in [1.165, 1.54) is 31.2 Å². The molecule has 2 atom stereocenters. The van der Waals surface area contributed by atoms with Gasteiger partial charge in [-0.05, 0) is 37.5 Å². The van der Waals surface area contributed by atoms with Gasteiger partial charge in [0.25, 0.3) is 11.6 Å². The van der Waals surface area contributed by atoms with Gasteiger partial charge in [0.05, 0.1) is 4.92 Å². The number of nitrogens with zero attached hydrogens (tertiary/aromatic N) is 1. The molecule has 2 amide bonds. The van der Waals surface area contributed by atoms with Crippen molar-refractivity contribution in [2.24, 2.45) is 0 Å². The summed E-state index contributed by atoms with van der Waals surface area (Å²) in [6.45, 7) is 4.93. The summed E-state index contributed by atoms with van der Waals surface area (Å²) >= 11 is 0. The average Bonchev–Trinajstić information content (AvgIpc) is 2.62. The van der Waals surface area contributed by atoms with Crippen molar-refractivity contribution in [1.82, 2.24) is 5.32 Å². The minimum atomic E-state index is -1.33. The molecule has 2 aromatic carbocycles. The highest BCUT2D eigenvalue weighted by atomic mass is 16.6. The summed E-state index contributed by atoms with van der Waals surface area (Å²) in [5.74, 6) is -1.33. The number of carbonyl (C=O) groups is 2. The monoisotopic (exact) mass is 371 g/mol. The van der Waals surface area contributed by atoms with Gasteiger partial charge >= 0.3 is 0 Å². The summed E-state index contributed by atoms with van der Waals surface area (Å²) in [5, 5.41) is 25.7. The number of aliphatic hydroxyl groups is 1. The molecule has 2 rings (SSSR count). The number of carbonyl (C=O) groups excluding carboxylic acids is 2. The smallest absolute Gasteiger partial charge is 0.269 e. The Balaban J connectivity index is 2.40. The molecule has 0 aliphatic heterocycles. The first-order chi connectivity index (χ1) is 12.7. The van der Waals surface area contributed by atoms with E-state index in [1.54, 1.807) is 0 Å². The first kappa shape index (κ1) is 20.1. The fourth-order valence-corrected chi connectivity index (χ4v) is 2.59. The van der Waals surface area contributed by atoms with E-state index in [0.29, 0.717) is 5.69 Å². The van der Waals surface area contributed by atoms with Crippen LogP contribution in [-0.4, -0.2) is 27.9 Å². The van der Waals surface area contributed by atoms with Crippen molar-refractivity contribution in [3.63, 3.8) is 0 Å². The molecule has 2 aromatic rings. The van der Waals surface area contributed by atoms with Crippen LogP contribution < -0.4 is 10.6 Å². The van der Waals surface area contributed by atoms with Crippen LogP contribution >= 0.6 is 0 Å². The Morgan fingerprint density at radius 2 is 1.67 bits per heavy atom. The lowest BCUT2D eigenvalue weighted by atomic mass is 10.0. The first-order valence-electron chi connectivity index (χ1n) is 8.30. The third-order valence-corrected chi connectivity index (χ3v) is 4.07. The quantitative estimate of drug-likeness (QED) is 0.532. The standard InChI is InChI=1S/C19H21N3O5/c1-11-6-4-7-12(2)16(11)20-19(25)17(21-18(24)13(3)23)14-8-5-9-15(10-14)22(26)27/h4-10,13,17,23H,1-3H3,(H,20,25)(H,21,24)/t13-,17-/m1/s1. The molecule has 0 radical (unpaired) electrons. The maximum Gasteiger partial charge on any atom is 0.269 e. The number of aryl methyl sites for hydroxylation is 2. The van der Waals surface area contributed by atoms with Crippen molar-refractivity contribution >= 4 is 23.2 Å². The Morgan fingerprint density at radius 3 is 2.22 bits per heavy atom. The predicted molar refractivity (Wildman–Crippen MR) is 100 cm³/mol. The Kier molecular flexibility index (Phi) is 6.25. The van der Waals surface area contributed by atoms with Crippen LogP contribution in [0.4, 0.5) is 11.4 Å². The van der Waals surface area contributed by atoms with Gasteiger partial charge in [0.2, 0.25) is 5.91 Å². The van der Waals surface area contributed by atoms with Crippen molar-refractivity contribution in [2.75, 3.05) is 5.32 Å². The number of anilines is 1. The van der Waals surface area contributed by atoms with Crippen LogP contribution in [0.5, 0.6) is 0 Å². The minimum Gasteiger partial charge on any atom is -0.384 e. The molecule has 3 N–H and O–H groups in total. The van der Waals surface area contributed by atoms with Crippen LogP contribution in [0.3, 0.4) is 0 Å². The molecule has 0 spiro atoms. The summed E-state index contributed by atoms with van der Waals surface area (Å²) in [6.07, 6.45) is -1.33. The van der Waals surface area contributed by atoms with Gasteiger partial charge in [0.15, 0.2) is 0 Å². The summed E-state index contributed by atoms with van der Waals surface area (Å²) < 4.78 is 0. The van der Waals surface area contributed by atoms with E-state index in [2.05, 4.69) is 10.6 Å². The maximum absolute atomic E-state index is 12.9. The highest BCUT2D eigenvalue weighted by Gasteiger charge is 2.26. The molecule has 0 aliphatic carbocycles. The van der Waals surface area contributed by atoms with Crippen LogP contribution in [0.2, 0.25) is 0 Å². The molecule has 0 saturated heterocycles. The minimum absolute atomic E-state index is 0.205. The number of amides is 2. The summed E-state index contributed by atoms with van der Waals surface area (Å²) in [7, 11) is 0. The Hall–Kier alpha value is -3.26. The van der Waals surface area contributed by atoms with Crippen molar-refractivity contribution in [1.29, 1.82) is 0 Å². The van der Waals surface area contributed by atoms with Gasteiger partial charge in [-0.15, -0.1) is 0 Å². The zero-order valence-corrected chi connectivity index (χ0v) is 15.2. The number of benzene rings is 2. The molecule has 0 heterocycles. The van der Waals surface area contributed by atoms with Gasteiger partial charge in [-0.3, -0.25) is 19.7 Å². The molecule has 0 unspecified atom stereocenters. The molecule has 0 aliphatic rings. The lowest BCUT2D eigenvalue weighted by molar-refractivity contribution is -0.384. The normalized spacial score (nSPS) is 12.7. The van der Waals surface area contributed by atoms with E-state index in [1.807, 2.05) is 32.0 Å². The van der Waals surface area contributed by atoms with Gasteiger partial charge in [-0.2, -0.15) is 0 Å². The average molecular weight is 371 g/mol. The van der Waals surface area contributed by atoms with E-state index in [4.69, 9.17) is 0 Å². The lowest BCUT2D eigenvalue weighted by Crippen LogP contribution is -2.41. The molecule has 0 fully saturated rings. The van der Waals surface area contributed by atoms with Crippen molar-refractivity contribution in [2.45, 2.75) is 32.9 Å². The Bertz CT molecular complexity index is 859. The third-order valence-electron chi connectivity index (χ3n) is 4.07. The van der Waals surface area contributed by atoms with Crippen LogP contribution in [0.15, 0.2) is 42.5 Å². The molecular weight excluding hydrogens is 350 g/mol. The van der Waals surface area contributed by atoms with Gasteiger partial charge in [-0.1, -0.05) is 30.3 Å². The number of aliphatic hydroxyl groups excluding tert-OH is 1. The van der Waals surface area contributed by atoms with Gasteiger partial charge in [0, 0.05) is 17.8 Å². The zero-order chi connectivity index (χ0) is 20.1. The van der Waals surface area contributed by atoms with E-state index in [0.717, 1.165) is 11.1 Å². The Labute approximate surface area is 156 Å². The molecule has 142 valence electrons. The fraction of sp³-hybridized carbons (Fsp3) is 0.263. The van der Waals surface area contributed by atoms with E-state index >= 15 is 0 Å². The molecule has 0 bridgehead atoms. The van der Waals surface area contributed by atoms with Gasteiger partial charge < -0.3 is 15.7 Å². The SMILES string of the molecule is Cc1cccc(C)c1NC(=O)[C@H](NC(=O)[C@@H](C)O)c1cccc([N+](=O)[O-])c1. The highest BCUT2D eigenvalue weighted by molar-refractivity contribution is 5.99. The van der Waals surface area contributed by atoms with Crippen molar-refractivity contribution < 1.29 is 19.6 Å². The second-order valence-electron chi connectivity index (χ2n) is 6.23. The van der Waals surface area contributed by atoms with Crippen LogP contribution in [0.1, 0.15) is 29.7 Å².